The number of hydrogen-bond donors (Lipinski definition) is 1. The zero-order chi connectivity index (χ0) is 23.3. The number of aromatic nitrogens is 2. The Kier molecular flexibility index (Phi) is 7.10. The number of benzene rings is 2. The van der Waals surface area contributed by atoms with Gasteiger partial charge in [0.05, 0.1) is 36.4 Å². The number of amides is 1. The van der Waals surface area contributed by atoms with Crippen LogP contribution in [0.15, 0.2) is 65.7 Å². The fourth-order valence-corrected chi connectivity index (χ4v) is 5.32. The Morgan fingerprint density at radius 2 is 1.70 bits per heavy atom. The average molecular weight is 469 g/mol. The van der Waals surface area contributed by atoms with Crippen LogP contribution in [0.5, 0.6) is 5.75 Å². The quantitative estimate of drug-likeness (QED) is 0.549. The molecule has 4 rings (SSSR count). The van der Waals surface area contributed by atoms with E-state index in [9.17, 15) is 13.2 Å². The molecule has 0 spiro atoms. The molecule has 1 amide bonds. The predicted octanol–water partition coefficient (Wildman–Crippen LogP) is 2.91. The maximum atomic E-state index is 12.7. The minimum Gasteiger partial charge on any atom is -0.497 e. The summed E-state index contributed by atoms with van der Waals surface area (Å²) in [5, 5.41) is 7.35. The second-order valence-corrected chi connectivity index (χ2v) is 9.95. The van der Waals surface area contributed by atoms with Crippen molar-refractivity contribution in [2.24, 2.45) is 0 Å². The SMILES string of the molecule is COc1ccc(-n2ccc(CNC(=O)Cc3ccc(S(=O)(=O)N4CCCCC4)cc3)n2)cc1. The summed E-state index contributed by atoms with van der Waals surface area (Å²) in [5.74, 6) is 0.621. The molecule has 1 aromatic heterocycles. The zero-order valence-corrected chi connectivity index (χ0v) is 19.4. The summed E-state index contributed by atoms with van der Waals surface area (Å²) in [5.41, 5.74) is 2.39. The molecule has 0 unspecified atom stereocenters. The van der Waals surface area contributed by atoms with Gasteiger partial charge in [0.2, 0.25) is 15.9 Å². The monoisotopic (exact) mass is 468 g/mol. The van der Waals surface area contributed by atoms with Crippen molar-refractivity contribution in [1.29, 1.82) is 0 Å². The summed E-state index contributed by atoms with van der Waals surface area (Å²) in [7, 11) is -1.84. The van der Waals surface area contributed by atoms with Crippen molar-refractivity contribution in [3.8, 4) is 11.4 Å². The highest BCUT2D eigenvalue weighted by Gasteiger charge is 2.25. The van der Waals surface area contributed by atoms with Crippen LogP contribution < -0.4 is 10.1 Å². The molecule has 8 nitrogen and oxygen atoms in total. The molecule has 9 heteroatoms. The van der Waals surface area contributed by atoms with Crippen LogP contribution in [0.3, 0.4) is 0 Å². The van der Waals surface area contributed by atoms with Crippen LogP contribution in [0.25, 0.3) is 5.69 Å². The molecule has 0 saturated carbocycles. The van der Waals surface area contributed by atoms with Crippen LogP contribution in [0, 0.1) is 0 Å². The minimum atomic E-state index is -3.46. The molecule has 1 N–H and O–H groups in total. The number of ether oxygens (including phenoxy) is 1. The molecule has 174 valence electrons. The van der Waals surface area contributed by atoms with E-state index in [1.165, 1.54) is 0 Å². The maximum Gasteiger partial charge on any atom is 0.243 e. The van der Waals surface area contributed by atoms with Crippen LogP contribution in [-0.2, 0) is 27.8 Å². The number of rotatable bonds is 8. The lowest BCUT2D eigenvalue weighted by molar-refractivity contribution is -0.120. The van der Waals surface area contributed by atoms with Crippen molar-refractivity contribution in [1.82, 2.24) is 19.4 Å². The molecule has 2 heterocycles. The van der Waals surface area contributed by atoms with Gasteiger partial charge in [-0.2, -0.15) is 9.40 Å². The highest BCUT2D eigenvalue weighted by Crippen LogP contribution is 2.21. The Bertz CT molecular complexity index is 1180. The zero-order valence-electron chi connectivity index (χ0n) is 18.6. The van der Waals surface area contributed by atoms with E-state index in [0.717, 1.165) is 42.0 Å². The van der Waals surface area contributed by atoms with Gasteiger partial charge in [-0.3, -0.25) is 4.79 Å². The van der Waals surface area contributed by atoms with Crippen molar-refractivity contribution >= 4 is 15.9 Å². The van der Waals surface area contributed by atoms with Gasteiger partial charge in [0.15, 0.2) is 0 Å². The van der Waals surface area contributed by atoms with E-state index >= 15 is 0 Å². The first-order valence-electron chi connectivity index (χ1n) is 11.0. The topological polar surface area (TPSA) is 93.5 Å². The minimum absolute atomic E-state index is 0.152. The molecule has 1 saturated heterocycles. The Morgan fingerprint density at radius 1 is 1.00 bits per heavy atom. The molecule has 33 heavy (non-hydrogen) atoms. The number of sulfonamides is 1. The third-order valence-corrected chi connectivity index (χ3v) is 7.60. The van der Waals surface area contributed by atoms with Crippen molar-refractivity contribution in [3.05, 3.63) is 72.1 Å². The highest BCUT2D eigenvalue weighted by molar-refractivity contribution is 7.89. The number of hydrogen-bond acceptors (Lipinski definition) is 5. The summed E-state index contributed by atoms with van der Waals surface area (Å²) in [6.07, 6.45) is 4.88. The molecule has 3 aromatic rings. The third kappa shape index (κ3) is 5.61. The van der Waals surface area contributed by atoms with Crippen LogP contribution in [0.1, 0.15) is 30.5 Å². The molecule has 1 fully saturated rings. The molecule has 2 aromatic carbocycles. The second-order valence-electron chi connectivity index (χ2n) is 8.01. The average Bonchev–Trinajstić information content (AvgIpc) is 3.33. The van der Waals surface area contributed by atoms with E-state index in [0.29, 0.717) is 19.6 Å². The Labute approximate surface area is 194 Å². The first kappa shape index (κ1) is 23.0. The molecule has 0 bridgehead atoms. The first-order valence-corrected chi connectivity index (χ1v) is 12.4. The standard InChI is InChI=1S/C24H28N4O4S/c1-32-22-9-7-21(8-10-22)28-16-13-20(26-28)18-25-24(29)17-19-5-11-23(12-6-19)33(30,31)27-14-3-2-4-15-27/h5-13,16H,2-4,14-15,17-18H2,1H3,(H,25,29). The Balaban J connectivity index is 1.30. The molecule has 1 aliphatic rings. The lowest BCUT2D eigenvalue weighted by Crippen LogP contribution is -2.35. The summed E-state index contributed by atoms with van der Waals surface area (Å²) >= 11 is 0. The largest absolute Gasteiger partial charge is 0.497 e. The van der Waals surface area contributed by atoms with Gasteiger partial charge in [-0.15, -0.1) is 0 Å². The fraction of sp³-hybridized carbons (Fsp3) is 0.333. The van der Waals surface area contributed by atoms with Gasteiger partial charge >= 0.3 is 0 Å². The van der Waals surface area contributed by atoms with Crippen LogP contribution >= 0.6 is 0 Å². The van der Waals surface area contributed by atoms with Gasteiger partial charge in [-0.05, 0) is 60.9 Å². The van der Waals surface area contributed by atoms with Gasteiger partial charge in [0, 0.05) is 19.3 Å². The number of nitrogens with one attached hydrogen (secondary N) is 1. The van der Waals surface area contributed by atoms with Crippen molar-refractivity contribution < 1.29 is 17.9 Å². The fourth-order valence-electron chi connectivity index (χ4n) is 3.81. The van der Waals surface area contributed by atoms with Crippen LogP contribution in [-0.4, -0.2) is 48.6 Å². The second kappa shape index (κ2) is 10.2. The van der Waals surface area contributed by atoms with E-state index in [4.69, 9.17) is 4.74 Å². The normalized spacial score (nSPS) is 14.7. The first-order chi connectivity index (χ1) is 16.0. The molecule has 0 aliphatic carbocycles. The molecule has 1 aliphatic heterocycles. The number of piperidine rings is 1. The van der Waals surface area contributed by atoms with Crippen LogP contribution in [0.4, 0.5) is 0 Å². The van der Waals surface area contributed by atoms with Gasteiger partial charge < -0.3 is 10.1 Å². The number of nitrogens with zero attached hydrogens (tertiary/aromatic N) is 3. The van der Waals surface area contributed by atoms with E-state index in [1.807, 2.05) is 36.5 Å². The lowest BCUT2D eigenvalue weighted by atomic mass is 10.1. The number of methoxy groups -OCH3 is 1. The molecular weight excluding hydrogens is 440 g/mol. The summed E-state index contributed by atoms with van der Waals surface area (Å²) in [4.78, 5) is 12.7. The maximum absolute atomic E-state index is 12.7. The van der Waals surface area contributed by atoms with Crippen molar-refractivity contribution in [3.63, 3.8) is 0 Å². The van der Waals surface area contributed by atoms with E-state index in [2.05, 4.69) is 10.4 Å². The Morgan fingerprint density at radius 3 is 2.36 bits per heavy atom. The third-order valence-electron chi connectivity index (χ3n) is 5.69. The summed E-state index contributed by atoms with van der Waals surface area (Å²) in [6, 6.07) is 16.0. The van der Waals surface area contributed by atoms with E-state index in [-0.39, 0.29) is 17.2 Å². The smallest absolute Gasteiger partial charge is 0.243 e. The van der Waals surface area contributed by atoms with Crippen LogP contribution in [0.2, 0.25) is 0 Å². The lowest BCUT2D eigenvalue weighted by Gasteiger charge is -2.25. The van der Waals surface area contributed by atoms with Gasteiger partial charge in [-0.1, -0.05) is 18.6 Å². The summed E-state index contributed by atoms with van der Waals surface area (Å²) < 4.78 is 33.9. The van der Waals surface area contributed by atoms with Gasteiger partial charge in [0.1, 0.15) is 5.75 Å². The van der Waals surface area contributed by atoms with Gasteiger partial charge in [0.25, 0.3) is 0 Å². The molecule has 0 atom stereocenters. The number of carbonyl (C=O) groups is 1. The summed E-state index contributed by atoms with van der Waals surface area (Å²) in [6.45, 7) is 1.45. The predicted molar refractivity (Wildman–Crippen MR) is 125 cm³/mol. The van der Waals surface area contributed by atoms with Gasteiger partial charge in [-0.25, -0.2) is 13.1 Å². The number of carbonyl (C=O) groups excluding carboxylic acids is 1. The van der Waals surface area contributed by atoms with Crippen molar-refractivity contribution in [2.45, 2.75) is 37.1 Å². The van der Waals surface area contributed by atoms with E-state index in [1.54, 1.807) is 40.4 Å². The van der Waals surface area contributed by atoms with E-state index < -0.39 is 10.0 Å². The van der Waals surface area contributed by atoms with Crippen molar-refractivity contribution in [2.75, 3.05) is 20.2 Å². The molecule has 0 radical (unpaired) electrons. The molecular formula is C24H28N4O4S. The highest BCUT2D eigenvalue weighted by atomic mass is 32.2. The Hall–Kier alpha value is -3.17.